The molecule has 0 bridgehead atoms. The first-order chi connectivity index (χ1) is 13.6. The van der Waals surface area contributed by atoms with E-state index < -0.39 is 17.8 Å². The van der Waals surface area contributed by atoms with E-state index in [2.05, 4.69) is 4.99 Å². The highest BCUT2D eigenvalue weighted by molar-refractivity contribution is 6.30. The average molecular weight is 375 g/mol. The van der Waals surface area contributed by atoms with E-state index in [9.17, 15) is 9.59 Å². The highest BCUT2D eigenvalue weighted by Crippen LogP contribution is 2.47. The average Bonchev–Trinajstić information content (AvgIpc) is 2.99. The largest absolute Gasteiger partial charge is 0.494 e. The molecular formula is C23H21NO4. The number of methoxy groups -OCH3 is 1. The number of esters is 1. The van der Waals surface area contributed by atoms with Crippen LogP contribution in [0.15, 0.2) is 64.8 Å². The van der Waals surface area contributed by atoms with Gasteiger partial charge in [-0.1, -0.05) is 42.5 Å². The Balaban J connectivity index is 1.97. The molecule has 2 aromatic carbocycles. The summed E-state index contributed by atoms with van der Waals surface area (Å²) in [6.45, 7) is 4.18. The van der Waals surface area contributed by atoms with Crippen molar-refractivity contribution in [2.75, 3.05) is 13.7 Å². The van der Waals surface area contributed by atoms with Gasteiger partial charge in [0.15, 0.2) is 5.78 Å². The zero-order valence-electron chi connectivity index (χ0n) is 16.1. The predicted molar refractivity (Wildman–Crippen MR) is 106 cm³/mol. The van der Waals surface area contributed by atoms with Gasteiger partial charge in [-0.3, -0.25) is 9.79 Å². The fourth-order valence-electron chi connectivity index (χ4n) is 4.20. The van der Waals surface area contributed by atoms with Gasteiger partial charge < -0.3 is 9.47 Å². The number of carbonyl (C=O) groups excluding carboxylic acids is 2. The van der Waals surface area contributed by atoms with Crippen LogP contribution in [0, 0.1) is 5.92 Å². The van der Waals surface area contributed by atoms with Gasteiger partial charge in [-0.25, -0.2) is 4.79 Å². The lowest BCUT2D eigenvalue weighted by atomic mass is 9.75. The molecule has 2 aromatic rings. The Bertz CT molecular complexity index is 1030. The van der Waals surface area contributed by atoms with E-state index in [0.717, 1.165) is 11.1 Å². The van der Waals surface area contributed by atoms with E-state index in [-0.39, 0.29) is 5.78 Å². The number of rotatable bonds is 4. The minimum atomic E-state index is -0.572. The highest BCUT2D eigenvalue weighted by atomic mass is 16.5. The first-order valence-corrected chi connectivity index (χ1v) is 9.31. The minimum Gasteiger partial charge on any atom is -0.494 e. The third kappa shape index (κ3) is 2.66. The number of fused-ring (bicyclic) bond motifs is 3. The Morgan fingerprint density at radius 3 is 2.43 bits per heavy atom. The van der Waals surface area contributed by atoms with Gasteiger partial charge in [-0.2, -0.15) is 0 Å². The number of nitrogens with zero attached hydrogens (tertiary/aromatic N) is 1. The number of aliphatic imine (C=N–C) groups is 1. The van der Waals surface area contributed by atoms with Gasteiger partial charge in [0.1, 0.15) is 5.75 Å². The lowest BCUT2D eigenvalue weighted by Gasteiger charge is -2.30. The third-order valence-electron chi connectivity index (χ3n) is 5.33. The molecule has 0 N–H and O–H groups in total. The summed E-state index contributed by atoms with van der Waals surface area (Å²) in [6.07, 6.45) is 0. The molecule has 0 saturated heterocycles. The Morgan fingerprint density at radius 2 is 1.71 bits per heavy atom. The van der Waals surface area contributed by atoms with Crippen molar-refractivity contribution in [1.82, 2.24) is 0 Å². The third-order valence-corrected chi connectivity index (χ3v) is 5.33. The SMILES string of the molecule is CCOc1ccccc1[C@@H]1C(C(=O)OC)=C(C)N=C2c3ccccc3C(=O)C21. The molecule has 28 heavy (non-hydrogen) atoms. The van der Waals surface area contributed by atoms with E-state index in [4.69, 9.17) is 9.47 Å². The molecule has 2 aliphatic rings. The van der Waals surface area contributed by atoms with Crippen LogP contribution in [0.4, 0.5) is 0 Å². The number of para-hydroxylation sites is 1. The lowest BCUT2D eigenvalue weighted by molar-refractivity contribution is -0.136. The van der Waals surface area contributed by atoms with Crippen molar-refractivity contribution >= 4 is 17.5 Å². The van der Waals surface area contributed by atoms with Crippen LogP contribution in [0.5, 0.6) is 5.75 Å². The molecule has 5 nitrogen and oxygen atoms in total. The van der Waals surface area contributed by atoms with Crippen molar-refractivity contribution in [3.8, 4) is 5.75 Å². The molecule has 1 unspecified atom stereocenters. The Hall–Kier alpha value is -3.21. The van der Waals surface area contributed by atoms with Crippen LogP contribution in [0.2, 0.25) is 0 Å². The van der Waals surface area contributed by atoms with E-state index >= 15 is 0 Å². The zero-order chi connectivity index (χ0) is 19.8. The van der Waals surface area contributed by atoms with Gasteiger partial charge in [-0.15, -0.1) is 0 Å². The van der Waals surface area contributed by atoms with Crippen molar-refractivity contribution in [3.05, 3.63) is 76.5 Å². The maximum atomic E-state index is 13.4. The van der Waals surface area contributed by atoms with Crippen molar-refractivity contribution in [2.45, 2.75) is 19.8 Å². The second kappa shape index (κ2) is 7.08. The van der Waals surface area contributed by atoms with E-state index in [1.165, 1.54) is 7.11 Å². The number of Topliss-reactive ketones (excluding diaryl/α,β-unsaturated/α-hetero) is 1. The summed E-state index contributed by atoms with van der Waals surface area (Å²) in [5.74, 6) is -0.923. The molecule has 2 atom stereocenters. The summed E-state index contributed by atoms with van der Waals surface area (Å²) in [4.78, 5) is 30.7. The number of hydrogen-bond donors (Lipinski definition) is 0. The zero-order valence-corrected chi connectivity index (χ0v) is 16.1. The normalized spacial score (nSPS) is 20.4. The molecule has 0 spiro atoms. The van der Waals surface area contributed by atoms with Crippen molar-refractivity contribution in [3.63, 3.8) is 0 Å². The number of benzene rings is 2. The molecule has 1 aliphatic heterocycles. The van der Waals surface area contributed by atoms with Crippen LogP contribution in [0.25, 0.3) is 0 Å². The minimum absolute atomic E-state index is 0.0282. The summed E-state index contributed by atoms with van der Waals surface area (Å²) in [6, 6.07) is 15.0. The number of ketones is 1. The molecule has 0 fully saturated rings. The van der Waals surface area contributed by atoms with E-state index in [0.29, 0.717) is 34.9 Å². The van der Waals surface area contributed by atoms with Crippen LogP contribution in [0.3, 0.4) is 0 Å². The fourth-order valence-corrected chi connectivity index (χ4v) is 4.20. The molecule has 1 heterocycles. The number of hydrogen-bond acceptors (Lipinski definition) is 5. The number of carbonyl (C=O) groups is 2. The Morgan fingerprint density at radius 1 is 1.04 bits per heavy atom. The first-order valence-electron chi connectivity index (χ1n) is 9.31. The van der Waals surface area contributed by atoms with Crippen molar-refractivity contribution < 1.29 is 19.1 Å². The Kier molecular flexibility index (Phi) is 4.59. The smallest absolute Gasteiger partial charge is 0.336 e. The summed E-state index contributed by atoms with van der Waals surface area (Å²) < 4.78 is 10.9. The quantitative estimate of drug-likeness (QED) is 0.760. The molecule has 142 valence electrons. The predicted octanol–water partition coefficient (Wildman–Crippen LogP) is 3.93. The van der Waals surface area contributed by atoms with Crippen LogP contribution < -0.4 is 4.74 Å². The van der Waals surface area contributed by atoms with Crippen molar-refractivity contribution in [1.29, 1.82) is 0 Å². The molecule has 1 aliphatic carbocycles. The summed E-state index contributed by atoms with van der Waals surface area (Å²) in [5, 5.41) is 0. The van der Waals surface area contributed by atoms with Gasteiger partial charge in [0.2, 0.25) is 0 Å². The molecular weight excluding hydrogens is 354 g/mol. The monoisotopic (exact) mass is 375 g/mol. The van der Waals surface area contributed by atoms with Gasteiger partial charge in [0, 0.05) is 28.3 Å². The molecule has 4 rings (SSSR count). The molecule has 0 aromatic heterocycles. The standard InChI is InChI=1S/C23H21NO4/c1-4-28-17-12-8-7-11-16(17)19-18(23(26)27-3)13(2)24-21-14-9-5-6-10-15(14)22(25)20(19)21/h5-12,19-20H,4H2,1-3H3/t19-,20?/m1/s1. The van der Waals surface area contributed by atoms with E-state index in [1.807, 2.05) is 55.5 Å². The van der Waals surface area contributed by atoms with Crippen molar-refractivity contribution in [2.24, 2.45) is 10.9 Å². The van der Waals surface area contributed by atoms with Crippen LogP contribution >= 0.6 is 0 Å². The second-order valence-electron chi connectivity index (χ2n) is 6.82. The van der Waals surface area contributed by atoms with Crippen LogP contribution in [0.1, 0.15) is 41.3 Å². The molecule has 0 saturated carbocycles. The van der Waals surface area contributed by atoms with Gasteiger partial charge >= 0.3 is 5.97 Å². The Labute approximate surface area is 163 Å². The fraction of sp³-hybridized carbons (Fsp3) is 0.261. The summed E-state index contributed by atoms with van der Waals surface area (Å²) in [5.41, 5.74) is 3.96. The maximum Gasteiger partial charge on any atom is 0.336 e. The highest BCUT2D eigenvalue weighted by Gasteiger charge is 2.48. The van der Waals surface area contributed by atoms with Crippen LogP contribution in [-0.4, -0.2) is 31.2 Å². The van der Waals surface area contributed by atoms with Gasteiger partial charge in [0.25, 0.3) is 0 Å². The number of ether oxygens (including phenoxy) is 2. The maximum absolute atomic E-state index is 13.4. The second-order valence-corrected chi connectivity index (χ2v) is 6.82. The molecule has 0 radical (unpaired) electrons. The summed E-state index contributed by atoms with van der Waals surface area (Å²) in [7, 11) is 1.35. The van der Waals surface area contributed by atoms with Gasteiger partial charge in [0.05, 0.1) is 30.9 Å². The number of allylic oxidation sites excluding steroid dienone is 1. The van der Waals surface area contributed by atoms with Crippen LogP contribution in [-0.2, 0) is 9.53 Å². The van der Waals surface area contributed by atoms with E-state index in [1.54, 1.807) is 6.92 Å². The topological polar surface area (TPSA) is 65.0 Å². The first kappa shape index (κ1) is 18.2. The lowest BCUT2D eigenvalue weighted by Crippen LogP contribution is -2.32. The van der Waals surface area contributed by atoms with Gasteiger partial charge in [-0.05, 0) is 19.9 Å². The summed E-state index contributed by atoms with van der Waals surface area (Å²) >= 11 is 0. The molecule has 0 amide bonds. The molecule has 5 heteroatoms.